The molecule has 2 aliphatic heterocycles. The van der Waals surface area contributed by atoms with Crippen molar-refractivity contribution in [2.45, 2.75) is 39.3 Å². The maximum atomic E-state index is 12.3. The zero-order chi connectivity index (χ0) is 19.1. The zero-order valence-corrected chi connectivity index (χ0v) is 18.5. The predicted octanol–water partition coefficient (Wildman–Crippen LogP) is 2.50. The Morgan fingerprint density at radius 2 is 2.26 bits per heavy atom. The van der Waals surface area contributed by atoms with Gasteiger partial charge in [0.15, 0.2) is 5.82 Å². The number of carbonyl (C=O) groups is 1. The number of nitrogens with zero attached hydrogens (tertiary/aromatic N) is 6. The van der Waals surface area contributed by atoms with Gasteiger partial charge in [0.05, 0.1) is 35.6 Å². The van der Waals surface area contributed by atoms with Gasteiger partial charge in [0, 0.05) is 25.7 Å². The molecule has 2 unspecified atom stereocenters. The van der Waals surface area contributed by atoms with E-state index in [0.717, 1.165) is 54.2 Å². The minimum absolute atomic E-state index is 0.135. The molecule has 4 heterocycles. The molecule has 8 nitrogen and oxygen atoms in total. The molecule has 2 N–H and O–H groups in total. The lowest BCUT2D eigenvalue weighted by Crippen LogP contribution is -2.32. The smallest absolute Gasteiger partial charge is 0.228 e. The van der Waals surface area contributed by atoms with E-state index >= 15 is 0 Å². The van der Waals surface area contributed by atoms with Gasteiger partial charge in [0.25, 0.3) is 0 Å². The number of carbonyl (C=O) groups excluding carboxylic acids is 1. The summed E-state index contributed by atoms with van der Waals surface area (Å²) in [5.41, 5.74) is 8.86. The van der Waals surface area contributed by atoms with Crippen molar-refractivity contribution in [3.63, 3.8) is 0 Å². The summed E-state index contributed by atoms with van der Waals surface area (Å²) in [5, 5.41) is 10.3. The van der Waals surface area contributed by atoms with Crippen molar-refractivity contribution in [2.75, 3.05) is 18.0 Å². The monoisotopic (exact) mass is 499 g/mol. The van der Waals surface area contributed by atoms with Crippen molar-refractivity contribution in [1.29, 1.82) is 0 Å². The largest absolute Gasteiger partial charge is 0.321 e. The molecule has 2 aromatic rings. The molecule has 27 heavy (non-hydrogen) atoms. The molecule has 144 valence electrons. The molecule has 0 spiro atoms. The molecule has 1 amide bonds. The first-order chi connectivity index (χ1) is 13.0. The molecule has 0 aliphatic carbocycles. The van der Waals surface area contributed by atoms with E-state index in [4.69, 9.17) is 10.8 Å². The van der Waals surface area contributed by atoms with Crippen LogP contribution >= 0.6 is 28.4 Å². The molecule has 0 saturated carbocycles. The molecule has 4 rings (SSSR count). The molecule has 10 heteroatoms. The maximum Gasteiger partial charge on any atom is 0.228 e. The summed E-state index contributed by atoms with van der Waals surface area (Å²) in [5.74, 6) is 1.30. The van der Waals surface area contributed by atoms with Crippen molar-refractivity contribution >= 4 is 56.8 Å². The number of amides is 1. The summed E-state index contributed by atoms with van der Waals surface area (Å²) in [4.78, 5) is 18.7. The van der Waals surface area contributed by atoms with Gasteiger partial charge in [0.2, 0.25) is 5.91 Å². The highest BCUT2D eigenvalue weighted by Crippen LogP contribution is 2.33. The van der Waals surface area contributed by atoms with Gasteiger partial charge in [-0.1, -0.05) is 13.8 Å². The van der Waals surface area contributed by atoms with E-state index in [9.17, 15) is 4.79 Å². The van der Waals surface area contributed by atoms with Gasteiger partial charge in [-0.25, -0.2) is 0 Å². The predicted molar refractivity (Wildman–Crippen MR) is 118 cm³/mol. The number of hydrogen-bond donors (Lipinski definition) is 1. The second-order valence-electron chi connectivity index (χ2n) is 7.39. The van der Waals surface area contributed by atoms with Gasteiger partial charge in [-0.15, -0.1) is 0 Å². The average Bonchev–Trinajstić information content (AvgIpc) is 3.31. The van der Waals surface area contributed by atoms with Crippen LogP contribution in [0.15, 0.2) is 17.4 Å². The second kappa shape index (κ2) is 7.60. The number of nitrogens with two attached hydrogens (primary N) is 1. The lowest BCUT2D eigenvalue weighted by atomic mass is 10.1. The number of rotatable bonds is 5. The first-order valence-electron chi connectivity index (χ1n) is 9.13. The van der Waals surface area contributed by atoms with Crippen molar-refractivity contribution < 1.29 is 4.79 Å². The van der Waals surface area contributed by atoms with E-state index in [2.05, 4.69) is 46.0 Å². The van der Waals surface area contributed by atoms with Crippen molar-refractivity contribution in [2.24, 2.45) is 16.8 Å². The van der Waals surface area contributed by atoms with Crippen LogP contribution in [0.25, 0.3) is 10.9 Å². The highest BCUT2D eigenvalue weighted by atomic mass is 127. The van der Waals surface area contributed by atoms with Crippen LogP contribution in [0.5, 0.6) is 0 Å². The van der Waals surface area contributed by atoms with Crippen LogP contribution in [0.1, 0.15) is 32.4 Å². The molecule has 2 aliphatic rings. The minimum atomic E-state index is -0.140. The van der Waals surface area contributed by atoms with Gasteiger partial charge < -0.3 is 5.73 Å². The summed E-state index contributed by atoms with van der Waals surface area (Å²) in [6.07, 6.45) is 3.84. The van der Waals surface area contributed by atoms with E-state index in [-0.39, 0.29) is 11.9 Å². The van der Waals surface area contributed by atoms with Crippen LogP contribution in [0.4, 0.5) is 5.82 Å². The molecule has 1 saturated heterocycles. The molecule has 2 aromatic heterocycles. The summed E-state index contributed by atoms with van der Waals surface area (Å²) in [7, 11) is 0. The standard InChI is InChI=1S/C17H23IN7OP/c1-10(2)8-24-14-6-13(16-12(19)9-25(21-16)27-18)20-7-11(14)17(22-24)23-5-3-4-15(23)26/h6-7,10,12,27H,3-5,8-9,19H2,1-2H3. The molecular weight excluding hydrogens is 476 g/mol. The Labute approximate surface area is 172 Å². The van der Waals surface area contributed by atoms with Crippen LogP contribution in [-0.4, -0.2) is 50.3 Å². The SMILES string of the molecule is CC(C)Cn1nc(N2CCCC2=O)c2cnc(C3=NN(PI)CC3N)cc21. The molecular formula is C17H23IN7OP. The van der Waals surface area contributed by atoms with Gasteiger partial charge >= 0.3 is 0 Å². The summed E-state index contributed by atoms with van der Waals surface area (Å²) in [6, 6.07) is 1.88. The molecule has 2 atom stereocenters. The normalized spacial score (nSPS) is 20.9. The first kappa shape index (κ1) is 19.0. The summed E-state index contributed by atoms with van der Waals surface area (Å²) < 4.78 is 3.97. The van der Waals surface area contributed by atoms with E-state index in [1.807, 2.05) is 21.7 Å². The van der Waals surface area contributed by atoms with Gasteiger partial charge in [-0.2, -0.15) is 10.2 Å². The Balaban J connectivity index is 1.81. The number of hydrogen-bond acceptors (Lipinski definition) is 6. The van der Waals surface area contributed by atoms with Crippen LogP contribution in [0.2, 0.25) is 0 Å². The van der Waals surface area contributed by atoms with Crippen LogP contribution in [0, 0.1) is 5.92 Å². The third-order valence-corrected chi connectivity index (χ3v) is 6.94. The average molecular weight is 499 g/mol. The Hall–Kier alpha value is -1.32. The van der Waals surface area contributed by atoms with Crippen molar-refractivity contribution in [3.8, 4) is 0 Å². The van der Waals surface area contributed by atoms with Gasteiger partial charge in [-0.3, -0.25) is 24.1 Å². The summed E-state index contributed by atoms with van der Waals surface area (Å²) >= 11 is 2.31. The van der Waals surface area contributed by atoms with Crippen LogP contribution in [-0.2, 0) is 11.3 Å². The second-order valence-corrected chi connectivity index (χ2v) is 9.53. The van der Waals surface area contributed by atoms with Crippen LogP contribution in [0.3, 0.4) is 0 Å². The highest BCUT2D eigenvalue weighted by Gasteiger charge is 2.29. The summed E-state index contributed by atoms with van der Waals surface area (Å²) in [6.45, 7) is 6.54. The van der Waals surface area contributed by atoms with Crippen molar-refractivity contribution in [3.05, 3.63) is 18.0 Å². The fourth-order valence-corrected chi connectivity index (χ4v) is 4.89. The van der Waals surface area contributed by atoms with E-state index in [1.54, 1.807) is 4.90 Å². The lowest BCUT2D eigenvalue weighted by Gasteiger charge is -2.12. The van der Waals surface area contributed by atoms with Gasteiger partial charge in [-0.05, 0) is 40.4 Å². The van der Waals surface area contributed by atoms with E-state index < -0.39 is 0 Å². The Bertz CT molecular complexity index is 912. The Kier molecular flexibility index (Phi) is 5.35. The molecule has 0 bridgehead atoms. The Morgan fingerprint density at radius 3 is 2.89 bits per heavy atom. The number of pyridine rings is 1. The van der Waals surface area contributed by atoms with E-state index in [1.165, 1.54) is 0 Å². The third kappa shape index (κ3) is 3.56. The zero-order valence-electron chi connectivity index (χ0n) is 15.4. The number of aromatic nitrogens is 3. The minimum Gasteiger partial charge on any atom is -0.321 e. The number of hydrazone groups is 1. The van der Waals surface area contributed by atoms with E-state index in [0.29, 0.717) is 18.7 Å². The molecule has 0 aromatic carbocycles. The fraction of sp³-hybridized carbons (Fsp3) is 0.529. The number of halogens is 1. The Morgan fingerprint density at radius 1 is 1.44 bits per heavy atom. The maximum absolute atomic E-state index is 12.3. The topological polar surface area (TPSA) is 92.6 Å². The number of anilines is 1. The molecule has 1 fully saturated rings. The van der Waals surface area contributed by atoms with Gasteiger partial charge in [0.1, 0.15) is 5.71 Å². The number of fused-ring (bicyclic) bond motifs is 1. The third-order valence-electron chi connectivity index (χ3n) is 4.79. The van der Waals surface area contributed by atoms with Crippen LogP contribution < -0.4 is 10.6 Å². The lowest BCUT2D eigenvalue weighted by molar-refractivity contribution is -0.117. The quantitative estimate of drug-likeness (QED) is 0.505. The first-order valence-corrected chi connectivity index (χ1v) is 13.2. The molecule has 0 radical (unpaired) electrons. The fourth-order valence-electron chi connectivity index (χ4n) is 3.56. The van der Waals surface area contributed by atoms with Crippen molar-refractivity contribution in [1.82, 2.24) is 19.5 Å². The highest BCUT2D eigenvalue weighted by molar-refractivity contribution is 14.2.